The predicted molar refractivity (Wildman–Crippen MR) is 63.4 cm³/mol. The van der Waals surface area contributed by atoms with Crippen LogP contribution in [-0.4, -0.2) is 16.3 Å². The molecule has 0 aliphatic heterocycles. The van der Waals surface area contributed by atoms with E-state index < -0.39 is 5.97 Å². The zero-order valence-corrected chi connectivity index (χ0v) is 9.81. The molecule has 1 aromatic rings. The van der Waals surface area contributed by atoms with Crippen LogP contribution in [0.25, 0.3) is 0 Å². The molecule has 0 aliphatic carbocycles. The number of carboxylic acid groups (broad SMARTS) is 1. The molecule has 1 rings (SSSR count). The monoisotopic (exact) mass is 245 g/mol. The molecule has 0 bridgehead atoms. The third-order valence-electron chi connectivity index (χ3n) is 1.76. The van der Waals surface area contributed by atoms with Crippen molar-refractivity contribution in [2.45, 2.75) is 23.5 Å². The van der Waals surface area contributed by atoms with Crippen molar-refractivity contribution in [2.75, 3.05) is 5.73 Å². The Hall–Kier alpha value is -0.870. The maximum atomic E-state index is 10.5. The quantitative estimate of drug-likeness (QED) is 0.633. The van der Waals surface area contributed by atoms with Gasteiger partial charge in [-0.3, -0.25) is 4.79 Å². The van der Waals surface area contributed by atoms with Crippen LogP contribution in [0.3, 0.4) is 0 Å². The number of carboxylic acids is 1. The van der Waals surface area contributed by atoms with Gasteiger partial charge in [0, 0.05) is 20.9 Å². The van der Waals surface area contributed by atoms with Crippen LogP contribution in [0.5, 0.6) is 0 Å². The maximum Gasteiger partial charge on any atom is 0.304 e. The van der Waals surface area contributed by atoms with Gasteiger partial charge in [-0.15, -0.1) is 11.8 Å². The smallest absolute Gasteiger partial charge is 0.304 e. The summed E-state index contributed by atoms with van der Waals surface area (Å²) in [5, 5.41) is 9.19. The first kappa shape index (κ1) is 12.2. The predicted octanol–water partition coefficient (Wildman–Crippen LogP) is 2.88. The van der Waals surface area contributed by atoms with Gasteiger partial charge in [0.05, 0.1) is 6.42 Å². The highest BCUT2D eigenvalue weighted by molar-refractivity contribution is 8.00. The standard InChI is InChI=1S/C10H12ClNO2S/c1-6(4-10(13)14)15-9-3-2-7(11)5-8(9)12/h2-3,5-6H,4,12H2,1H3,(H,13,14). The van der Waals surface area contributed by atoms with E-state index in [0.717, 1.165) is 4.90 Å². The van der Waals surface area contributed by atoms with Gasteiger partial charge in [-0.2, -0.15) is 0 Å². The third kappa shape index (κ3) is 4.01. The van der Waals surface area contributed by atoms with E-state index in [1.165, 1.54) is 11.8 Å². The molecule has 1 unspecified atom stereocenters. The van der Waals surface area contributed by atoms with Crippen molar-refractivity contribution in [1.29, 1.82) is 0 Å². The molecule has 0 aromatic heterocycles. The SMILES string of the molecule is CC(CC(=O)O)Sc1ccc(Cl)cc1N. The fourth-order valence-electron chi connectivity index (χ4n) is 1.13. The molecule has 0 saturated carbocycles. The van der Waals surface area contributed by atoms with Gasteiger partial charge in [0.2, 0.25) is 0 Å². The fraction of sp³-hybridized carbons (Fsp3) is 0.300. The summed E-state index contributed by atoms with van der Waals surface area (Å²) in [5.74, 6) is -0.803. The molecule has 3 nitrogen and oxygen atoms in total. The van der Waals surface area contributed by atoms with Crippen LogP contribution in [-0.2, 0) is 4.79 Å². The van der Waals surface area contributed by atoms with Crippen molar-refractivity contribution >= 4 is 35.0 Å². The van der Waals surface area contributed by atoms with E-state index in [4.69, 9.17) is 22.4 Å². The van der Waals surface area contributed by atoms with Crippen molar-refractivity contribution in [2.24, 2.45) is 0 Å². The summed E-state index contributed by atoms with van der Waals surface area (Å²) >= 11 is 7.20. The fourth-order valence-corrected chi connectivity index (χ4v) is 2.31. The Labute approximate surface area is 97.6 Å². The van der Waals surface area contributed by atoms with Gasteiger partial charge in [-0.05, 0) is 18.2 Å². The summed E-state index contributed by atoms with van der Waals surface area (Å²) < 4.78 is 0. The van der Waals surface area contributed by atoms with Gasteiger partial charge in [0.15, 0.2) is 0 Å². The van der Waals surface area contributed by atoms with E-state index in [1.54, 1.807) is 18.2 Å². The number of rotatable bonds is 4. The number of hydrogen-bond acceptors (Lipinski definition) is 3. The molecule has 1 aromatic carbocycles. The highest BCUT2D eigenvalue weighted by Gasteiger charge is 2.10. The minimum absolute atomic E-state index is 0.00836. The zero-order chi connectivity index (χ0) is 11.4. The molecular formula is C10H12ClNO2S. The van der Waals surface area contributed by atoms with Crippen LogP contribution in [0.4, 0.5) is 5.69 Å². The van der Waals surface area contributed by atoms with Crippen LogP contribution in [0.1, 0.15) is 13.3 Å². The van der Waals surface area contributed by atoms with Crippen molar-refractivity contribution in [3.05, 3.63) is 23.2 Å². The van der Waals surface area contributed by atoms with Crippen molar-refractivity contribution in [3.63, 3.8) is 0 Å². The van der Waals surface area contributed by atoms with Crippen LogP contribution in [0.2, 0.25) is 5.02 Å². The molecule has 5 heteroatoms. The summed E-state index contributed by atoms with van der Waals surface area (Å²) in [6.45, 7) is 1.85. The van der Waals surface area contributed by atoms with E-state index in [-0.39, 0.29) is 11.7 Å². The first-order valence-electron chi connectivity index (χ1n) is 4.42. The lowest BCUT2D eigenvalue weighted by Crippen LogP contribution is -2.05. The first-order valence-corrected chi connectivity index (χ1v) is 5.68. The second kappa shape index (κ2) is 5.28. The summed E-state index contributed by atoms with van der Waals surface area (Å²) in [5.41, 5.74) is 6.34. The Kier molecular flexibility index (Phi) is 4.29. The van der Waals surface area contributed by atoms with E-state index in [1.807, 2.05) is 6.92 Å². The molecule has 3 N–H and O–H groups in total. The highest BCUT2D eigenvalue weighted by Crippen LogP contribution is 2.31. The molecule has 82 valence electrons. The first-order chi connectivity index (χ1) is 6.99. The molecule has 0 aliphatic rings. The summed E-state index contributed by atoms with van der Waals surface area (Å²) in [7, 11) is 0. The Balaban J connectivity index is 2.68. The minimum atomic E-state index is -0.803. The van der Waals surface area contributed by atoms with Crippen molar-refractivity contribution in [3.8, 4) is 0 Å². The van der Waals surface area contributed by atoms with Crippen LogP contribution < -0.4 is 5.73 Å². The van der Waals surface area contributed by atoms with Crippen LogP contribution in [0, 0.1) is 0 Å². The number of anilines is 1. The molecular weight excluding hydrogens is 234 g/mol. The summed E-state index contributed by atoms with van der Waals surface area (Å²) in [6, 6.07) is 5.21. The topological polar surface area (TPSA) is 63.3 Å². The molecule has 15 heavy (non-hydrogen) atoms. The molecule has 0 heterocycles. The van der Waals surface area contributed by atoms with E-state index in [2.05, 4.69) is 0 Å². The summed E-state index contributed by atoms with van der Waals surface area (Å²) in [6.07, 6.45) is 0.118. The van der Waals surface area contributed by atoms with Crippen LogP contribution >= 0.6 is 23.4 Å². The average molecular weight is 246 g/mol. The van der Waals surface area contributed by atoms with E-state index in [9.17, 15) is 4.79 Å². The number of hydrogen-bond donors (Lipinski definition) is 2. The lowest BCUT2D eigenvalue weighted by Gasteiger charge is -2.10. The van der Waals surface area contributed by atoms with Gasteiger partial charge in [0.1, 0.15) is 0 Å². The minimum Gasteiger partial charge on any atom is -0.481 e. The largest absolute Gasteiger partial charge is 0.481 e. The zero-order valence-electron chi connectivity index (χ0n) is 8.24. The van der Waals surface area contributed by atoms with Gasteiger partial charge in [-0.25, -0.2) is 0 Å². The number of carbonyl (C=O) groups is 1. The lowest BCUT2D eigenvalue weighted by molar-refractivity contribution is -0.136. The Morgan fingerprint density at radius 2 is 2.33 bits per heavy atom. The molecule has 0 radical (unpaired) electrons. The Bertz CT molecular complexity index is 370. The number of thioether (sulfide) groups is 1. The van der Waals surface area contributed by atoms with Gasteiger partial charge >= 0.3 is 5.97 Å². The number of nitrogen functional groups attached to an aromatic ring is 1. The number of aliphatic carboxylic acids is 1. The van der Waals surface area contributed by atoms with E-state index >= 15 is 0 Å². The lowest BCUT2D eigenvalue weighted by atomic mass is 10.3. The van der Waals surface area contributed by atoms with Gasteiger partial charge in [-0.1, -0.05) is 18.5 Å². The molecule has 0 spiro atoms. The average Bonchev–Trinajstić information content (AvgIpc) is 2.08. The summed E-state index contributed by atoms with van der Waals surface area (Å²) in [4.78, 5) is 11.3. The second-order valence-electron chi connectivity index (χ2n) is 3.21. The third-order valence-corrected chi connectivity index (χ3v) is 3.19. The highest BCUT2D eigenvalue weighted by atomic mass is 35.5. The normalized spacial score (nSPS) is 12.4. The number of benzene rings is 1. The van der Waals surface area contributed by atoms with Crippen molar-refractivity contribution < 1.29 is 9.90 Å². The molecule has 1 atom stereocenters. The van der Waals surface area contributed by atoms with Crippen LogP contribution in [0.15, 0.2) is 23.1 Å². The van der Waals surface area contributed by atoms with E-state index in [0.29, 0.717) is 10.7 Å². The second-order valence-corrected chi connectivity index (χ2v) is 5.13. The number of halogens is 1. The Morgan fingerprint density at radius 1 is 1.67 bits per heavy atom. The van der Waals surface area contributed by atoms with Gasteiger partial charge < -0.3 is 10.8 Å². The number of nitrogens with two attached hydrogens (primary N) is 1. The van der Waals surface area contributed by atoms with Gasteiger partial charge in [0.25, 0.3) is 0 Å². The maximum absolute atomic E-state index is 10.5. The molecule has 0 fully saturated rings. The van der Waals surface area contributed by atoms with Crippen molar-refractivity contribution in [1.82, 2.24) is 0 Å². The Morgan fingerprint density at radius 3 is 2.87 bits per heavy atom. The molecule has 0 saturated heterocycles. The molecule has 0 amide bonds.